The molecule has 1 amide bonds. The number of carbonyl (C=O) groups excluding carboxylic acids is 1. The van der Waals surface area contributed by atoms with Crippen LogP contribution in [-0.4, -0.2) is 19.0 Å². The van der Waals surface area contributed by atoms with Crippen molar-refractivity contribution in [1.82, 2.24) is 5.32 Å². The minimum Gasteiger partial charge on any atom is -0.351 e. The molecule has 1 aliphatic carbocycles. The van der Waals surface area contributed by atoms with E-state index in [1.165, 1.54) is 0 Å². The highest BCUT2D eigenvalue weighted by Gasteiger charge is 2.18. The van der Waals surface area contributed by atoms with Crippen LogP contribution >= 0.6 is 0 Å². The molecule has 1 atom stereocenters. The van der Waals surface area contributed by atoms with E-state index in [0.29, 0.717) is 30.9 Å². The zero-order valence-corrected chi connectivity index (χ0v) is 14.1. The van der Waals surface area contributed by atoms with Gasteiger partial charge in [-0.2, -0.15) is 0 Å². The minimum absolute atomic E-state index is 0.0829. The first kappa shape index (κ1) is 17.1. The maximum Gasteiger partial charge on any atom is 0.278 e. The van der Waals surface area contributed by atoms with Crippen molar-refractivity contribution in [3.63, 3.8) is 0 Å². The quantitative estimate of drug-likeness (QED) is 0.795. The summed E-state index contributed by atoms with van der Waals surface area (Å²) in [5.74, 6) is 0.0463. The molecule has 0 radical (unpaired) electrons. The van der Waals surface area contributed by atoms with Crippen LogP contribution in [-0.2, 0) is 0 Å². The summed E-state index contributed by atoms with van der Waals surface area (Å²) in [6.07, 6.45) is 5.84. The van der Waals surface area contributed by atoms with Crippen LogP contribution < -0.4 is 21.8 Å². The number of anilines is 1. The summed E-state index contributed by atoms with van der Waals surface area (Å²) >= 11 is 0. The van der Waals surface area contributed by atoms with Gasteiger partial charge in [-0.1, -0.05) is 25.1 Å². The van der Waals surface area contributed by atoms with E-state index in [4.69, 9.17) is 11.5 Å². The first-order chi connectivity index (χ1) is 12.0. The van der Waals surface area contributed by atoms with Crippen molar-refractivity contribution in [3.05, 3.63) is 53.5 Å². The van der Waals surface area contributed by atoms with Gasteiger partial charge in [-0.25, -0.2) is 9.37 Å². The molecule has 0 bridgehead atoms. The number of halogens is 1. The number of pyridine rings is 1. The summed E-state index contributed by atoms with van der Waals surface area (Å²) in [6, 6.07) is 5.61. The molecule has 6 heteroatoms. The third-order valence-electron chi connectivity index (χ3n) is 4.44. The van der Waals surface area contributed by atoms with E-state index in [2.05, 4.69) is 10.3 Å². The number of benzene rings is 1. The van der Waals surface area contributed by atoms with Crippen LogP contribution in [0.15, 0.2) is 42.4 Å². The Hall–Kier alpha value is -2.73. The molecule has 6 N–H and O–H groups in total. The number of nitrogens with one attached hydrogen (secondary N) is 2. The molecule has 2 aromatic rings. The van der Waals surface area contributed by atoms with Crippen molar-refractivity contribution in [3.8, 4) is 0 Å². The topological polar surface area (TPSA) is 95.3 Å². The first-order valence-electron chi connectivity index (χ1n) is 8.31. The predicted molar refractivity (Wildman–Crippen MR) is 97.3 cm³/mol. The molecule has 0 saturated heterocycles. The Balaban J connectivity index is 2.04. The molecule has 1 unspecified atom stereocenters. The number of fused-ring (bicyclic) bond motifs is 1. The van der Waals surface area contributed by atoms with Crippen LogP contribution in [0, 0.1) is 5.92 Å². The number of aromatic nitrogens is 1. The van der Waals surface area contributed by atoms with Crippen molar-refractivity contribution in [2.45, 2.75) is 13.3 Å². The van der Waals surface area contributed by atoms with Gasteiger partial charge in [0.1, 0.15) is 12.0 Å². The first-order valence-corrected chi connectivity index (χ1v) is 8.31. The van der Waals surface area contributed by atoms with Gasteiger partial charge in [-0.3, -0.25) is 10.5 Å². The van der Waals surface area contributed by atoms with Crippen molar-refractivity contribution < 1.29 is 14.2 Å². The average Bonchev–Trinajstić information content (AvgIpc) is 2.62. The van der Waals surface area contributed by atoms with E-state index in [1.807, 2.05) is 31.2 Å². The zero-order chi connectivity index (χ0) is 18.0. The van der Waals surface area contributed by atoms with E-state index in [0.717, 1.165) is 21.9 Å². The second kappa shape index (κ2) is 7.03. The van der Waals surface area contributed by atoms with Crippen LogP contribution in [0.4, 0.5) is 10.2 Å². The second-order valence-corrected chi connectivity index (χ2v) is 6.25. The summed E-state index contributed by atoms with van der Waals surface area (Å²) in [4.78, 5) is 15.2. The zero-order valence-electron chi connectivity index (χ0n) is 14.1. The smallest absolute Gasteiger partial charge is 0.278 e. The second-order valence-electron chi connectivity index (χ2n) is 6.25. The largest absolute Gasteiger partial charge is 0.351 e. The number of amides is 1. The van der Waals surface area contributed by atoms with Crippen molar-refractivity contribution in [2.75, 3.05) is 18.8 Å². The number of aromatic amines is 1. The fraction of sp³-hybridized carbons (Fsp3) is 0.263. The summed E-state index contributed by atoms with van der Waals surface area (Å²) in [7, 11) is 0. The number of rotatable bonds is 4. The molecule has 0 fully saturated rings. The van der Waals surface area contributed by atoms with E-state index in [9.17, 15) is 9.18 Å². The van der Waals surface area contributed by atoms with Crippen molar-refractivity contribution in [2.24, 2.45) is 11.7 Å². The lowest BCUT2D eigenvalue weighted by Crippen LogP contribution is -2.30. The predicted octanol–water partition coefficient (Wildman–Crippen LogP) is 2.20. The van der Waals surface area contributed by atoms with E-state index in [-0.39, 0.29) is 17.7 Å². The van der Waals surface area contributed by atoms with Gasteiger partial charge in [0.15, 0.2) is 0 Å². The number of nitrogen functional groups attached to an aromatic ring is 1. The molecule has 25 heavy (non-hydrogen) atoms. The van der Waals surface area contributed by atoms with Gasteiger partial charge in [0.25, 0.3) is 11.7 Å². The van der Waals surface area contributed by atoms with E-state index < -0.39 is 0 Å². The molecule has 0 saturated carbocycles. The molecular formula is C19H22FN4O+. The van der Waals surface area contributed by atoms with Gasteiger partial charge in [-0.05, 0) is 29.7 Å². The molecule has 130 valence electrons. The highest BCUT2D eigenvalue weighted by atomic mass is 19.1. The van der Waals surface area contributed by atoms with Crippen LogP contribution in [0.3, 0.4) is 0 Å². The van der Waals surface area contributed by atoms with Crippen molar-refractivity contribution in [1.29, 1.82) is 0 Å². The number of hydrogen-bond donors (Lipinski definition) is 3. The van der Waals surface area contributed by atoms with Gasteiger partial charge >= 0.3 is 0 Å². The van der Waals surface area contributed by atoms with Gasteiger partial charge in [-0.15, -0.1) is 0 Å². The normalized spacial score (nSPS) is 17.2. The molecule has 0 spiro atoms. The summed E-state index contributed by atoms with van der Waals surface area (Å²) in [5, 5.41) is 4.22. The Labute approximate surface area is 145 Å². The Bertz CT molecular complexity index is 888. The number of hydrogen-bond acceptors (Lipinski definition) is 3. The minimum atomic E-state index is -0.212. The standard InChI is InChI=1S/C19H21FN4O/c1-11-2-3-13(9-17(11)20)12-4-5-14-15(8-12)18(22)24-10-16(14)19(25)23-7-6-21/h3-5,8-11H,2,6-7,21H2,1H3,(H2,22,24)(H,23,25)/p+1. The molecule has 5 nitrogen and oxygen atoms in total. The maximum atomic E-state index is 13.9. The van der Waals surface area contributed by atoms with Crippen LogP contribution in [0.5, 0.6) is 0 Å². The lowest BCUT2D eigenvalue weighted by Gasteiger charge is -2.15. The lowest BCUT2D eigenvalue weighted by molar-refractivity contribution is -0.358. The third-order valence-corrected chi connectivity index (χ3v) is 4.44. The number of carbonyl (C=O) groups is 1. The molecule has 1 heterocycles. The fourth-order valence-electron chi connectivity index (χ4n) is 2.92. The summed E-state index contributed by atoms with van der Waals surface area (Å²) in [5.41, 5.74) is 13.7. The van der Waals surface area contributed by atoms with Gasteiger partial charge in [0.2, 0.25) is 0 Å². The fourth-order valence-corrected chi connectivity index (χ4v) is 2.92. The Morgan fingerprint density at radius 2 is 2.20 bits per heavy atom. The monoisotopic (exact) mass is 341 g/mol. The Kier molecular flexibility index (Phi) is 4.81. The van der Waals surface area contributed by atoms with Crippen molar-refractivity contribution >= 4 is 28.1 Å². The Morgan fingerprint density at radius 3 is 2.92 bits per heavy atom. The van der Waals surface area contributed by atoms with Crippen LogP contribution in [0.1, 0.15) is 29.3 Å². The lowest BCUT2D eigenvalue weighted by atomic mass is 9.92. The highest BCUT2D eigenvalue weighted by Crippen LogP contribution is 2.32. The molecule has 3 rings (SSSR count). The van der Waals surface area contributed by atoms with Gasteiger partial charge in [0, 0.05) is 24.4 Å². The van der Waals surface area contributed by atoms with E-state index in [1.54, 1.807) is 12.3 Å². The molecule has 1 aromatic carbocycles. The summed E-state index contributed by atoms with van der Waals surface area (Å²) < 4.78 is 13.9. The van der Waals surface area contributed by atoms with Crippen LogP contribution in [0.25, 0.3) is 16.3 Å². The number of H-pyrrole nitrogens is 1. The number of allylic oxidation sites excluding steroid dienone is 4. The third kappa shape index (κ3) is 3.39. The van der Waals surface area contributed by atoms with Crippen LogP contribution in [0.2, 0.25) is 0 Å². The highest BCUT2D eigenvalue weighted by molar-refractivity contribution is 6.08. The summed E-state index contributed by atoms with van der Waals surface area (Å²) in [6.45, 7) is 2.63. The molecular weight excluding hydrogens is 319 g/mol. The molecule has 1 aromatic heterocycles. The maximum absolute atomic E-state index is 13.9. The van der Waals surface area contributed by atoms with Gasteiger partial charge < -0.3 is 11.1 Å². The average molecular weight is 341 g/mol. The number of nitrogens with two attached hydrogens (primary N) is 2. The molecule has 1 aliphatic rings. The Morgan fingerprint density at radius 1 is 1.40 bits per heavy atom. The molecule has 0 aliphatic heterocycles. The van der Waals surface area contributed by atoms with E-state index >= 15 is 0 Å². The SMILES string of the molecule is CC1CC=C(c2ccc3c(C(=O)NCCN)c[nH+]c(N)c3c2)C=C1F. The van der Waals surface area contributed by atoms with Gasteiger partial charge in [0.05, 0.1) is 10.9 Å².